The van der Waals surface area contributed by atoms with Crippen LogP contribution in [0.2, 0.25) is 0 Å². The first kappa shape index (κ1) is 13.8. The van der Waals surface area contributed by atoms with Gasteiger partial charge in [-0.05, 0) is 19.3 Å². The largest absolute Gasteiger partial charge is 0.481 e. The Hall–Kier alpha value is -1.27. The van der Waals surface area contributed by atoms with Crippen LogP contribution in [0.1, 0.15) is 25.7 Å². The van der Waals surface area contributed by atoms with E-state index in [0.717, 1.165) is 0 Å². The smallest absolute Gasteiger partial charge is 0.405 e. The van der Waals surface area contributed by atoms with E-state index in [0.29, 0.717) is 19.3 Å². The first-order chi connectivity index (χ1) is 7.79. The normalized spacial score (nSPS) is 25.4. The second kappa shape index (κ2) is 5.37. The molecule has 0 spiro atoms. The zero-order valence-corrected chi connectivity index (χ0v) is 9.09. The highest BCUT2D eigenvalue weighted by Crippen LogP contribution is 2.29. The van der Waals surface area contributed by atoms with Crippen LogP contribution in [0, 0.1) is 11.8 Å². The molecule has 2 N–H and O–H groups in total. The molecule has 1 aliphatic carbocycles. The summed E-state index contributed by atoms with van der Waals surface area (Å²) in [6.45, 7) is -1.36. The van der Waals surface area contributed by atoms with Gasteiger partial charge in [-0.2, -0.15) is 13.2 Å². The highest BCUT2D eigenvalue weighted by molar-refractivity contribution is 5.80. The van der Waals surface area contributed by atoms with E-state index in [1.807, 2.05) is 0 Å². The second-order valence-electron chi connectivity index (χ2n) is 4.23. The van der Waals surface area contributed by atoms with E-state index < -0.39 is 36.4 Å². The van der Waals surface area contributed by atoms with Crippen LogP contribution < -0.4 is 5.32 Å². The molecule has 1 rings (SSSR count). The standard InChI is InChI=1S/C10H14F3NO3/c11-10(12,13)5-14-8(15)6-2-1-3-7(4-6)9(16)17/h6-7H,1-5H2,(H,14,15)(H,16,17). The Morgan fingerprint density at radius 2 is 1.82 bits per heavy atom. The lowest BCUT2D eigenvalue weighted by atomic mass is 9.81. The maximum absolute atomic E-state index is 11.9. The number of alkyl halides is 3. The summed E-state index contributed by atoms with van der Waals surface area (Å²) < 4.78 is 35.6. The predicted molar refractivity (Wildman–Crippen MR) is 52.1 cm³/mol. The van der Waals surface area contributed by atoms with Gasteiger partial charge in [0.05, 0.1) is 5.92 Å². The van der Waals surface area contributed by atoms with Crippen LogP contribution in [0.3, 0.4) is 0 Å². The summed E-state index contributed by atoms with van der Waals surface area (Å²) in [4.78, 5) is 22.1. The minimum absolute atomic E-state index is 0.124. The number of carbonyl (C=O) groups is 2. The Morgan fingerprint density at radius 3 is 2.35 bits per heavy atom. The van der Waals surface area contributed by atoms with Crippen molar-refractivity contribution in [2.75, 3.05) is 6.54 Å². The van der Waals surface area contributed by atoms with Crippen molar-refractivity contribution in [3.05, 3.63) is 0 Å². The minimum Gasteiger partial charge on any atom is -0.481 e. The molecular weight excluding hydrogens is 239 g/mol. The molecule has 0 aromatic rings. The predicted octanol–water partition coefficient (Wildman–Crippen LogP) is 1.56. The summed E-state index contributed by atoms with van der Waals surface area (Å²) in [6.07, 6.45) is -2.82. The summed E-state index contributed by atoms with van der Waals surface area (Å²) >= 11 is 0. The zero-order valence-electron chi connectivity index (χ0n) is 9.09. The van der Waals surface area contributed by atoms with Gasteiger partial charge in [-0.15, -0.1) is 0 Å². The monoisotopic (exact) mass is 253 g/mol. The Bertz CT molecular complexity index is 304. The molecule has 0 aromatic carbocycles. The van der Waals surface area contributed by atoms with E-state index in [9.17, 15) is 22.8 Å². The van der Waals surface area contributed by atoms with Gasteiger partial charge in [0.25, 0.3) is 0 Å². The Labute approximate surface area is 96.2 Å². The number of halogens is 3. The molecule has 0 radical (unpaired) electrons. The molecule has 98 valence electrons. The Kier molecular flexibility index (Phi) is 4.36. The quantitative estimate of drug-likeness (QED) is 0.802. The third kappa shape index (κ3) is 4.62. The van der Waals surface area contributed by atoms with Crippen molar-refractivity contribution in [2.45, 2.75) is 31.9 Å². The van der Waals surface area contributed by atoms with E-state index in [2.05, 4.69) is 0 Å². The lowest BCUT2D eigenvalue weighted by Gasteiger charge is -2.25. The van der Waals surface area contributed by atoms with Crippen molar-refractivity contribution in [3.8, 4) is 0 Å². The third-order valence-electron chi connectivity index (χ3n) is 2.86. The summed E-state index contributed by atoms with van der Waals surface area (Å²) in [6, 6.07) is 0. The summed E-state index contributed by atoms with van der Waals surface area (Å²) in [5.41, 5.74) is 0. The van der Waals surface area contributed by atoms with E-state index in [-0.39, 0.29) is 6.42 Å². The SMILES string of the molecule is O=C(O)C1CCCC(C(=O)NCC(F)(F)F)C1. The molecular formula is C10H14F3NO3. The van der Waals surface area contributed by atoms with Crippen LogP contribution in [0.4, 0.5) is 13.2 Å². The van der Waals surface area contributed by atoms with Gasteiger partial charge in [-0.25, -0.2) is 0 Å². The van der Waals surface area contributed by atoms with Crippen LogP contribution in [0.15, 0.2) is 0 Å². The van der Waals surface area contributed by atoms with E-state index >= 15 is 0 Å². The average Bonchev–Trinajstić information content (AvgIpc) is 2.25. The molecule has 0 saturated heterocycles. The number of carboxylic acids is 1. The van der Waals surface area contributed by atoms with Gasteiger partial charge in [0, 0.05) is 5.92 Å². The van der Waals surface area contributed by atoms with Crippen molar-refractivity contribution in [1.29, 1.82) is 0 Å². The van der Waals surface area contributed by atoms with E-state index in [1.54, 1.807) is 5.32 Å². The molecule has 7 heteroatoms. The van der Waals surface area contributed by atoms with Gasteiger partial charge >= 0.3 is 12.1 Å². The molecule has 0 heterocycles. The molecule has 1 amide bonds. The van der Waals surface area contributed by atoms with Gasteiger partial charge in [0.15, 0.2) is 0 Å². The fraction of sp³-hybridized carbons (Fsp3) is 0.800. The van der Waals surface area contributed by atoms with Gasteiger partial charge < -0.3 is 10.4 Å². The molecule has 2 unspecified atom stereocenters. The molecule has 0 bridgehead atoms. The maximum Gasteiger partial charge on any atom is 0.405 e. The first-order valence-corrected chi connectivity index (χ1v) is 5.37. The topological polar surface area (TPSA) is 66.4 Å². The van der Waals surface area contributed by atoms with Gasteiger partial charge in [0.1, 0.15) is 6.54 Å². The molecule has 1 aliphatic rings. The van der Waals surface area contributed by atoms with E-state index in [1.165, 1.54) is 0 Å². The number of carboxylic acid groups (broad SMARTS) is 1. The average molecular weight is 253 g/mol. The van der Waals surface area contributed by atoms with Crippen molar-refractivity contribution in [3.63, 3.8) is 0 Å². The maximum atomic E-state index is 11.9. The van der Waals surface area contributed by atoms with Crippen LogP contribution >= 0.6 is 0 Å². The van der Waals surface area contributed by atoms with Crippen molar-refractivity contribution in [2.24, 2.45) is 11.8 Å². The lowest BCUT2D eigenvalue weighted by Crippen LogP contribution is -2.40. The number of nitrogens with one attached hydrogen (secondary N) is 1. The van der Waals surface area contributed by atoms with Crippen LogP contribution in [-0.2, 0) is 9.59 Å². The molecule has 4 nitrogen and oxygen atoms in total. The van der Waals surface area contributed by atoms with Crippen molar-refractivity contribution in [1.82, 2.24) is 5.32 Å². The molecule has 0 aliphatic heterocycles. The highest BCUT2D eigenvalue weighted by atomic mass is 19.4. The van der Waals surface area contributed by atoms with Crippen molar-refractivity contribution < 1.29 is 27.9 Å². The number of hydrogen-bond donors (Lipinski definition) is 2. The second-order valence-corrected chi connectivity index (χ2v) is 4.23. The number of rotatable bonds is 3. The molecule has 1 saturated carbocycles. The van der Waals surface area contributed by atoms with Crippen LogP contribution in [0.5, 0.6) is 0 Å². The highest BCUT2D eigenvalue weighted by Gasteiger charge is 2.33. The molecule has 17 heavy (non-hydrogen) atoms. The lowest BCUT2D eigenvalue weighted by molar-refractivity contribution is -0.146. The first-order valence-electron chi connectivity index (χ1n) is 5.37. The van der Waals surface area contributed by atoms with Crippen LogP contribution in [0.25, 0.3) is 0 Å². The van der Waals surface area contributed by atoms with Crippen LogP contribution in [-0.4, -0.2) is 29.7 Å². The Morgan fingerprint density at radius 1 is 1.24 bits per heavy atom. The summed E-state index contributed by atoms with van der Waals surface area (Å²) in [5, 5.41) is 10.6. The van der Waals surface area contributed by atoms with Gasteiger partial charge in [-0.3, -0.25) is 9.59 Å². The number of aliphatic carboxylic acids is 1. The van der Waals surface area contributed by atoms with Gasteiger partial charge in [-0.1, -0.05) is 6.42 Å². The molecule has 2 atom stereocenters. The summed E-state index contributed by atoms with van der Waals surface area (Å²) in [7, 11) is 0. The molecule has 0 aromatic heterocycles. The number of carbonyl (C=O) groups excluding carboxylic acids is 1. The Balaban J connectivity index is 2.44. The fourth-order valence-electron chi connectivity index (χ4n) is 1.98. The minimum atomic E-state index is -4.43. The zero-order chi connectivity index (χ0) is 13.1. The van der Waals surface area contributed by atoms with E-state index in [4.69, 9.17) is 5.11 Å². The fourth-order valence-corrected chi connectivity index (χ4v) is 1.98. The third-order valence-corrected chi connectivity index (χ3v) is 2.86. The van der Waals surface area contributed by atoms with Gasteiger partial charge in [0.2, 0.25) is 5.91 Å². The number of amides is 1. The number of hydrogen-bond acceptors (Lipinski definition) is 2. The van der Waals surface area contributed by atoms with Crippen molar-refractivity contribution >= 4 is 11.9 Å². The molecule has 1 fully saturated rings. The summed E-state index contributed by atoms with van der Waals surface area (Å²) in [5.74, 6) is -2.93.